The zero-order chi connectivity index (χ0) is 23.1. The Hall–Kier alpha value is -1.14. The number of pyridine rings is 1. The average Bonchev–Trinajstić information content (AvgIpc) is 3.09. The number of aliphatic hydroxyl groups is 1. The third kappa shape index (κ3) is 7.84. The van der Waals surface area contributed by atoms with Gasteiger partial charge in [-0.05, 0) is 81.6 Å². The van der Waals surface area contributed by atoms with Gasteiger partial charge in [0.1, 0.15) is 0 Å². The topological polar surface area (TPSA) is 73.7 Å². The largest absolute Gasteiger partial charge is 0.481 e. The summed E-state index contributed by atoms with van der Waals surface area (Å²) in [5, 5.41) is 17.8. The molecule has 0 amide bonds. The van der Waals surface area contributed by atoms with Crippen LogP contribution in [0.5, 0.6) is 0 Å². The van der Waals surface area contributed by atoms with Gasteiger partial charge in [-0.2, -0.15) is 0 Å². The van der Waals surface area contributed by atoms with E-state index in [1.54, 1.807) is 20.8 Å². The fourth-order valence-corrected chi connectivity index (χ4v) is 4.94. The first kappa shape index (κ1) is 26.9. The molecule has 1 saturated carbocycles. The van der Waals surface area contributed by atoms with Gasteiger partial charge in [-0.1, -0.05) is 26.7 Å². The van der Waals surface area contributed by atoms with E-state index in [-0.39, 0.29) is 6.42 Å². The zero-order valence-corrected chi connectivity index (χ0v) is 21.5. The molecule has 1 aromatic heterocycles. The molecule has 0 radical (unpaired) electrons. The molecule has 6 heteroatoms. The number of aliphatic carboxylic acids is 1. The lowest BCUT2D eigenvalue weighted by molar-refractivity contribution is -0.136. The molecule has 0 unspecified atom stereocenters. The van der Waals surface area contributed by atoms with E-state index in [0.29, 0.717) is 5.41 Å². The summed E-state index contributed by atoms with van der Waals surface area (Å²) < 4.78 is 0.960. The molecule has 1 aliphatic heterocycles. The standard InChI is InChI=1S/C18H25BrN2O2.C4H10O.C2H6/c1-12-14(11-15(22)23)17(16(19)13(2)20-12)21-9-7-18(8-10-21)5-3-4-6-18;1-4(2,3)5;1-2/h3-11H2,1-2H3,(H,22,23);5H,1-3H3;1-2H3. The summed E-state index contributed by atoms with van der Waals surface area (Å²) in [6.07, 6.45) is 7.99. The van der Waals surface area contributed by atoms with Crippen LogP contribution in [-0.4, -0.2) is 39.9 Å². The first-order valence-corrected chi connectivity index (χ1v) is 12.1. The smallest absolute Gasteiger partial charge is 0.307 e. The fourth-order valence-electron chi connectivity index (χ4n) is 4.37. The van der Waals surface area contributed by atoms with Gasteiger partial charge in [-0.15, -0.1) is 0 Å². The number of anilines is 1. The van der Waals surface area contributed by atoms with Crippen LogP contribution in [0.2, 0.25) is 0 Å². The number of hydrogen-bond donors (Lipinski definition) is 2. The quantitative estimate of drug-likeness (QED) is 0.545. The Balaban J connectivity index is 0.000000565. The molecule has 30 heavy (non-hydrogen) atoms. The van der Waals surface area contributed by atoms with Crippen LogP contribution >= 0.6 is 15.9 Å². The van der Waals surface area contributed by atoms with Crippen LogP contribution in [0.3, 0.4) is 0 Å². The first-order chi connectivity index (χ1) is 13.9. The van der Waals surface area contributed by atoms with Gasteiger partial charge in [-0.3, -0.25) is 9.78 Å². The Morgan fingerprint density at radius 2 is 1.53 bits per heavy atom. The Morgan fingerprint density at radius 1 is 1.07 bits per heavy atom. The number of carboxylic acid groups (broad SMARTS) is 1. The van der Waals surface area contributed by atoms with E-state index in [0.717, 1.165) is 40.2 Å². The number of aryl methyl sites for hydroxylation is 2. The van der Waals surface area contributed by atoms with Gasteiger partial charge in [-0.25, -0.2) is 0 Å². The van der Waals surface area contributed by atoms with Crippen LogP contribution in [-0.2, 0) is 11.2 Å². The van der Waals surface area contributed by atoms with E-state index in [4.69, 9.17) is 5.11 Å². The number of nitrogens with zero attached hydrogens (tertiary/aromatic N) is 2. The summed E-state index contributed by atoms with van der Waals surface area (Å²) in [4.78, 5) is 18.2. The predicted molar refractivity (Wildman–Crippen MR) is 128 cm³/mol. The molecule has 1 aliphatic carbocycles. The number of aromatic nitrogens is 1. The van der Waals surface area contributed by atoms with Crippen LogP contribution in [0.15, 0.2) is 4.47 Å². The van der Waals surface area contributed by atoms with Crippen molar-refractivity contribution in [2.24, 2.45) is 5.41 Å². The molecular formula is C24H41BrN2O3. The highest BCUT2D eigenvalue weighted by Gasteiger charge is 2.38. The Morgan fingerprint density at radius 3 is 1.97 bits per heavy atom. The van der Waals surface area contributed by atoms with Crippen molar-refractivity contribution in [2.45, 2.75) is 99.0 Å². The van der Waals surface area contributed by atoms with Gasteiger partial charge < -0.3 is 15.1 Å². The SMILES string of the molecule is CC.CC(C)(C)O.Cc1nc(C)c(CC(=O)O)c(N2CCC3(CCCC3)CC2)c1Br. The Kier molecular flexibility index (Phi) is 10.3. The van der Waals surface area contributed by atoms with Crippen molar-refractivity contribution in [2.75, 3.05) is 18.0 Å². The number of halogens is 1. The van der Waals surface area contributed by atoms with Crippen molar-refractivity contribution in [3.05, 3.63) is 21.4 Å². The van der Waals surface area contributed by atoms with Crippen molar-refractivity contribution in [1.82, 2.24) is 4.98 Å². The van der Waals surface area contributed by atoms with Crippen molar-refractivity contribution < 1.29 is 15.0 Å². The van der Waals surface area contributed by atoms with E-state index < -0.39 is 11.6 Å². The highest BCUT2D eigenvalue weighted by Crippen LogP contribution is 2.47. The molecule has 2 heterocycles. The summed E-state index contributed by atoms with van der Waals surface area (Å²) >= 11 is 3.67. The second-order valence-electron chi connectivity index (χ2n) is 9.36. The molecule has 0 bridgehead atoms. The number of hydrogen-bond acceptors (Lipinski definition) is 4. The lowest BCUT2D eigenvalue weighted by Crippen LogP contribution is -2.39. The number of piperidine rings is 1. The molecule has 1 aromatic rings. The normalized spacial score (nSPS) is 17.7. The minimum Gasteiger partial charge on any atom is -0.481 e. The molecule has 2 aliphatic rings. The van der Waals surface area contributed by atoms with Crippen LogP contribution in [0, 0.1) is 19.3 Å². The van der Waals surface area contributed by atoms with Crippen molar-refractivity contribution in [3.8, 4) is 0 Å². The third-order valence-corrected chi connectivity index (χ3v) is 6.67. The molecule has 1 spiro atoms. The molecule has 0 atom stereocenters. The molecule has 1 saturated heterocycles. The Labute approximate surface area is 191 Å². The summed E-state index contributed by atoms with van der Waals surface area (Å²) in [5.41, 5.74) is 3.76. The van der Waals surface area contributed by atoms with Gasteiger partial charge >= 0.3 is 5.97 Å². The van der Waals surface area contributed by atoms with E-state index >= 15 is 0 Å². The van der Waals surface area contributed by atoms with Gasteiger partial charge in [0.25, 0.3) is 0 Å². The maximum atomic E-state index is 11.3. The van der Waals surface area contributed by atoms with Gasteiger partial charge in [0, 0.05) is 24.3 Å². The molecule has 5 nitrogen and oxygen atoms in total. The predicted octanol–water partition coefficient (Wildman–Crippen LogP) is 6.05. The lowest BCUT2D eigenvalue weighted by atomic mass is 9.77. The van der Waals surface area contributed by atoms with Crippen LogP contribution in [0.1, 0.15) is 90.1 Å². The monoisotopic (exact) mass is 484 g/mol. The summed E-state index contributed by atoms with van der Waals surface area (Å²) in [5.74, 6) is -0.795. The van der Waals surface area contributed by atoms with E-state index in [9.17, 15) is 9.90 Å². The van der Waals surface area contributed by atoms with Crippen molar-refractivity contribution >= 4 is 27.6 Å². The second-order valence-corrected chi connectivity index (χ2v) is 10.2. The van der Waals surface area contributed by atoms with Gasteiger partial charge in [0.05, 0.1) is 27.9 Å². The maximum absolute atomic E-state index is 11.3. The van der Waals surface area contributed by atoms with Crippen LogP contribution in [0.25, 0.3) is 0 Å². The molecule has 2 fully saturated rings. The molecule has 2 N–H and O–H groups in total. The first-order valence-electron chi connectivity index (χ1n) is 11.3. The van der Waals surface area contributed by atoms with Crippen LogP contribution in [0.4, 0.5) is 5.69 Å². The number of carboxylic acids is 1. The van der Waals surface area contributed by atoms with Crippen LogP contribution < -0.4 is 4.90 Å². The Bertz CT molecular complexity index is 691. The molecule has 3 rings (SSSR count). The van der Waals surface area contributed by atoms with Crippen molar-refractivity contribution in [1.29, 1.82) is 0 Å². The number of rotatable bonds is 3. The molecule has 0 aromatic carbocycles. The second kappa shape index (κ2) is 11.5. The summed E-state index contributed by atoms with van der Waals surface area (Å²) in [6.45, 7) is 15.2. The highest BCUT2D eigenvalue weighted by atomic mass is 79.9. The third-order valence-electron chi connectivity index (χ3n) is 5.72. The van der Waals surface area contributed by atoms with Gasteiger partial charge in [0.2, 0.25) is 0 Å². The van der Waals surface area contributed by atoms with Gasteiger partial charge in [0.15, 0.2) is 0 Å². The zero-order valence-electron chi connectivity index (χ0n) is 19.9. The minimum atomic E-state index is -0.795. The maximum Gasteiger partial charge on any atom is 0.307 e. The number of carbonyl (C=O) groups is 1. The van der Waals surface area contributed by atoms with E-state index in [1.807, 2.05) is 27.7 Å². The van der Waals surface area contributed by atoms with E-state index in [2.05, 4.69) is 25.8 Å². The molecule has 172 valence electrons. The average molecular weight is 486 g/mol. The lowest BCUT2D eigenvalue weighted by Gasteiger charge is -2.41. The van der Waals surface area contributed by atoms with Crippen molar-refractivity contribution in [3.63, 3.8) is 0 Å². The summed E-state index contributed by atoms with van der Waals surface area (Å²) in [7, 11) is 0. The van der Waals surface area contributed by atoms with E-state index in [1.165, 1.54) is 38.5 Å². The minimum absolute atomic E-state index is 0.0364. The molecular weight excluding hydrogens is 444 g/mol. The fraction of sp³-hybridized carbons (Fsp3) is 0.750. The summed E-state index contributed by atoms with van der Waals surface area (Å²) in [6, 6.07) is 0. The highest BCUT2D eigenvalue weighted by molar-refractivity contribution is 9.10.